The molecule has 3 aromatic rings. The molecule has 126 valence electrons. The Kier molecular flexibility index (Phi) is 5.20. The van der Waals surface area contributed by atoms with Crippen molar-refractivity contribution in [1.29, 1.82) is 0 Å². The highest BCUT2D eigenvalue weighted by atomic mass is 15.3. The van der Waals surface area contributed by atoms with E-state index in [2.05, 4.69) is 110 Å². The van der Waals surface area contributed by atoms with E-state index in [0.29, 0.717) is 0 Å². The molecule has 2 nitrogen and oxygen atoms in total. The topological polar surface area (TPSA) is 6.48 Å². The summed E-state index contributed by atoms with van der Waals surface area (Å²) in [6, 6.07) is 31.5. The molecule has 0 atom stereocenters. The molecule has 0 aliphatic rings. The van der Waals surface area contributed by atoms with Gasteiger partial charge >= 0.3 is 0 Å². The van der Waals surface area contributed by atoms with Crippen LogP contribution in [0, 0.1) is 0 Å². The van der Waals surface area contributed by atoms with Gasteiger partial charge in [0.2, 0.25) is 0 Å². The number of benzene rings is 3. The second-order valence-electron chi connectivity index (χ2n) is 6.10. The normalized spacial score (nSPS) is 10.2. The standard InChI is InChI=1S/C23H24N2/c1-19(20-13-7-4-8-14-20)23(24(2)21-15-9-5-10-16-21)25(3)22-17-11-6-12-18-22/h4-18H,1-3H3. The molecule has 0 bridgehead atoms. The van der Waals surface area contributed by atoms with E-state index in [1.807, 2.05) is 12.1 Å². The van der Waals surface area contributed by atoms with E-state index in [4.69, 9.17) is 0 Å². The predicted molar refractivity (Wildman–Crippen MR) is 109 cm³/mol. The highest BCUT2D eigenvalue weighted by Crippen LogP contribution is 2.29. The summed E-state index contributed by atoms with van der Waals surface area (Å²) in [4.78, 5) is 4.49. The van der Waals surface area contributed by atoms with Gasteiger partial charge in [0.05, 0.1) is 0 Å². The van der Waals surface area contributed by atoms with Gasteiger partial charge < -0.3 is 9.80 Å². The SMILES string of the molecule is CC(=C(N(C)c1ccccc1)N(C)c1ccccc1)c1ccccc1. The van der Waals surface area contributed by atoms with Crippen LogP contribution in [-0.2, 0) is 0 Å². The molecule has 3 aromatic carbocycles. The monoisotopic (exact) mass is 328 g/mol. The van der Waals surface area contributed by atoms with Crippen LogP contribution in [0.1, 0.15) is 12.5 Å². The van der Waals surface area contributed by atoms with Crippen LogP contribution in [0.5, 0.6) is 0 Å². The van der Waals surface area contributed by atoms with Crippen LogP contribution < -0.4 is 9.80 Å². The lowest BCUT2D eigenvalue weighted by Crippen LogP contribution is -2.31. The van der Waals surface area contributed by atoms with Gasteiger partial charge in [0.25, 0.3) is 0 Å². The van der Waals surface area contributed by atoms with Crippen molar-refractivity contribution in [3.8, 4) is 0 Å². The van der Waals surface area contributed by atoms with Crippen molar-refractivity contribution in [1.82, 2.24) is 0 Å². The van der Waals surface area contributed by atoms with Gasteiger partial charge in [0.1, 0.15) is 5.82 Å². The van der Waals surface area contributed by atoms with Crippen molar-refractivity contribution in [2.24, 2.45) is 0 Å². The van der Waals surface area contributed by atoms with Gasteiger partial charge in [0, 0.05) is 25.5 Å². The van der Waals surface area contributed by atoms with Gasteiger partial charge in [-0.15, -0.1) is 0 Å². The smallest absolute Gasteiger partial charge is 0.116 e. The number of anilines is 2. The van der Waals surface area contributed by atoms with Crippen molar-refractivity contribution in [3.63, 3.8) is 0 Å². The van der Waals surface area contributed by atoms with Crippen molar-refractivity contribution in [2.75, 3.05) is 23.9 Å². The van der Waals surface area contributed by atoms with Gasteiger partial charge in [-0.25, -0.2) is 0 Å². The molecular formula is C23H24N2. The van der Waals surface area contributed by atoms with Crippen molar-refractivity contribution in [3.05, 3.63) is 102 Å². The highest BCUT2D eigenvalue weighted by molar-refractivity contribution is 5.76. The van der Waals surface area contributed by atoms with Gasteiger partial charge in [0.15, 0.2) is 0 Å². The summed E-state index contributed by atoms with van der Waals surface area (Å²) in [7, 11) is 4.24. The molecule has 0 spiro atoms. The van der Waals surface area contributed by atoms with Crippen LogP contribution in [0.4, 0.5) is 11.4 Å². The Morgan fingerprint density at radius 3 is 1.32 bits per heavy atom. The molecule has 0 N–H and O–H groups in total. The minimum atomic E-state index is 1.16. The minimum Gasteiger partial charge on any atom is -0.331 e. The minimum absolute atomic E-state index is 1.16. The Labute approximate surface area is 150 Å². The first-order valence-corrected chi connectivity index (χ1v) is 8.52. The highest BCUT2D eigenvalue weighted by Gasteiger charge is 2.17. The van der Waals surface area contributed by atoms with E-state index in [-0.39, 0.29) is 0 Å². The Hall–Kier alpha value is -3.00. The van der Waals surface area contributed by atoms with Gasteiger partial charge in [-0.2, -0.15) is 0 Å². The van der Waals surface area contributed by atoms with E-state index in [1.165, 1.54) is 11.1 Å². The number of rotatable bonds is 5. The molecule has 0 aliphatic heterocycles. The zero-order chi connectivity index (χ0) is 17.6. The molecule has 0 saturated heterocycles. The fourth-order valence-electron chi connectivity index (χ4n) is 3.09. The third-order valence-electron chi connectivity index (χ3n) is 4.46. The number of nitrogens with zero attached hydrogens (tertiary/aromatic N) is 2. The summed E-state index contributed by atoms with van der Waals surface area (Å²) >= 11 is 0. The number of allylic oxidation sites excluding steroid dienone is 1. The zero-order valence-corrected chi connectivity index (χ0v) is 15.1. The molecule has 0 fully saturated rings. The maximum atomic E-state index is 2.25. The van der Waals surface area contributed by atoms with Crippen molar-refractivity contribution in [2.45, 2.75) is 6.92 Å². The summed E-state index contributed by atoms with van der Waals surface area (Å²) in [5, 5.41) is 0. The van der Waals surface area contributed by atoms with Crippen LogP contribution >= 0.6 is 0 Å². The number of hydrogen-bond acceptors (Lipinski definition) is 2. The summed E-state index contributed by atoms with van der Waals surface area (Å²) < 4.78 is 0. The van der Waals surface area contributed by atoms with E-state index < -0.39 is 0 Å². The van der Waals surface area contributed by atoms with Crippen LogP contribution in [0.25, 0.3) is 5.57 Å². The van der Waals surface area contributed by atoms with Gasteiger partial charge in [-0.1, -0.05) is 66.7 Å². The Balaban J connectivity index is 2.12. The van der Waals surface area contributed by atoms with Crippen LogP contribution in [-0.4, -0.2) is 14.1 Å². The Bertz CT molecular complexity index is 776. The predicted octanol–water partition coefficient (Wildman–Crippen LogP) is 5.65. The number of para-hydroxylation sites is 2. The van der Waals surface area contributed by atoms with Crippen LogP contribution in [0.2, 0.25) is 0 Å². The fraction of sp³-hybridized carbons (Fsp3) is 0.130. The Morgan fingerprint density at radius 1 is 0.560 bits per heavy atom. The second kappa shape index (κ2) is 7.71. The average Bonchev–Trinajstić information content (AvgIpc) is 2.70. The lowest BCUT2D eigenvalue weighted by atomic mass is 10.1. The first-order valence-electron chi connectivity index (χ1n) is 8.52. The largest absolute Gasteiger partial charge is 0.331 e. The molecule has 0 aliphatic carbocycles. The maximum Gasteiger partial charge on any atom is 0.116 e. The average molecular weight is 328 g/mol. The molecule has 0 amide bonds. The van der Waals surface area contributed by atoms with E-state index in [0.717, 1.165) is 17.2 Å². The third kappa shape index (κ3) is 3.74. The fourth-order valence-corrected chi connectivity index (χ4v) is 3.09. The third-order valence-corrected chi connectivity index (χ3v) is 4.46. The zero-order valence-electron chi connectivity index (χ0n) is 15.1. The molecule has 25 heavy (non-hydrogen) atoms. The van der Waals surface area contributed by atoms with E-state index in [1.54, 1.807) is 0 Å². The molecule has 0 heterocycles. The summed E-state index contributed by atoms with van der Waals surface area (Å²) in [6.45, 7) is 2.18. The lowest BCUT2D eigenvalue weighted by Gasteiger charge is -2.33. The van der Waals surface area contributed by atoms with Gasteiger partial charge in [-0.3, -0.25) is 0 Å². The van der Waals surface area contributed by atoms with Crippen molar-refractivity contribution >= 4 is 16.9 Å². The molecule has 0 radical (unpaired) electrons. The lowest BCUT2D eigenvalue weighted by molar-refractivity contribution is 0.977. The molecule has 3 rings (SSSR count). The number of hydrogen-bond donors (Lipinski definition) is 0. The molecular weight excluding hydrogens is 304 g/mol. The van der Waals surface area contributed by atoms with Crippen LogP contribution in [0.3, 0.4) is 0 Å². The molecule has 2 heteroatoms. The van der Waals surface area contributed by atoms with E-state index in [9.17, 15) is 0 Å². The quantitative estimate of drug-likeness (QED) is 0.597. The maximum absolute atomic E-state index is 2.25. The van der Waals surface area contributed by atoms with Crippen molar-refractivity contribution < 1.29 is 0 Å². The summed E-state index contributed by atoms with van der Waals surface area (Å²) in [5.41, 5.74) is 4.78. The van der Waals surface area contributed by atoms with Crippen LogP contribution in [0.15, 0.2) is 96.8 Å². The van der Waals surface area contributed by atoms with Gasteiger partial charge in [-0.05, 0) is 42.3 Å². The van der Waals surface area contributed by atoms with E-state index >= 15 is 0 Å². The molecule has 0 unspecified atom stereocenters. The first-order chi connectivity index (χ1) is 12.2. The first kappa shape index (κ1) is 16.8. The summed E-state index contributed by atoms with van der Waals surface area (Å²) in [5.74, 6) is 1.16. The second-order valence-corrected chi connectivity index (χ2v) is 6.10. The molecule has 0 saturated carbocycles. The summed E-state index contributed by atoms with van der Waals surface area (Å²) in [6.07, 6.45) is 0. The molecule has 0 aromatic heterocycles. The Morgan fingerprint density at radius 2 is 0.920 bits per heavy atom.